The minimum Gasteiger partial charge on any atom is -0.479 e. The van der Waals surface area contributed by atoms with Crippen LogP contribution in [0.5, 0.6) is 0 Å². The molecule has 0 amide bonds. The van der Waals surface area contributed by atoms with Crippen LogP contribution in [0.2, 0.25) is 0 Å². The SMILES string of the molecule is O=C(O)C(O)CO.O=C(O)C(O)CO.O=C(O)C(O)CO.O=C(O)C(O)CO.O=C(O)C(O)CO.O=C(O)C(O)CO.OCC(O)CO.OCC(O)CO.OCC(O)CO.OCC(O)CO.OCC(O)CO.OCC(O)CO. The van der Waals surface area contributed by atoms with Gasteiger partial charge >= 0.3 is 35.8 Å². The summed E-state index contributed by atoms with van der Waals surface area (Å²) in [6.07, 6.45) is -15.5. The summed E-state index contributed by atoms with van der Waals surface area (Å²) >= 11 is 0. The van der Waals surface area contributed by atoms with E-state index in [0.29, 0.717) is 0 Å². The molecule has 42 nitrogen and oxygen atoms in total. The third-order valence-corrected chi connectivity index (χ3v) is 5.28. The van der Waals surface area contributed by atoms with Crippen LogP contribution in [0.4, 0.5) is 0 Å². The first-order valence-corrected chi connectivity index (χ1v) is 20.4. The average molecular weight is 1190 g/mol. The topological polar surface area (TPSA) is 831 Å². The van der Waals surface area contributed by atoms with E-state index in [4.69, 9.17) is 184 Å². The molecule has 0 aliphatic carbocycles. The maximum absolute atomic E-state index is 9.52. The Morgan fingerprint density at radius 1 is 0.167 bits per heavy atom. The van der Waals surface area contributed by atoms with Gasteiger partial charge in [-0.25, -0.2) is 28.8 Å². The van der Waals surface area contributed by atoms with E-state index in [9.17, 15) is 28.8 Å². The molecule has 480 valence electrons. The average Bonchev–Trinajstić information content (AvgIpc) is 3.45. The van der Waals surface area contributed by atoms with Gasteiger partial charge in [-0.3, -0.25) is 0 Å². The summed E-state index contributed by atoms with van der Waals surface area (Å²) in [4.78, 5) is 57.1. The first kappa shape index (κ1) is 102. The molecular weight excluding hydrogens is 1100 g/mol. The van der Waals surface area contributed by atoms with Crippen molar-refractivity contribution in [1.82, 2.24) is 0 Å². The monoisotopic (exact) mass is 1190 g/mol. The zero-order chi connectivity index (χ0) is 65.1. The van der Waals surface area contributed by atoms with Crippen molar-refractivity contribution < 1.29 is 213 Å². The summed E-state index contributed by atoms with van der Waals surface area (Å²) in [5, 5.41) is 286. The predicted octanol–water partition coefficient (Wildman–Crippen LogP) is -19.5. The molecule has 0 aliphatic heterocycles. The van der Waals surface area contributed by atoms with Crippen molar-refractivity contribution in [3.05, 3.63) is 0 Å². The number of carbonyl (C=O) groups is 6. The van der Waals surface area contributed by atoms with Gasteiger partial charge in [-0.1, -0.05) is 0 Å². The summed E-state index contributed by atoms with van der Waals surface area (Å²) in [7, 11) is 0. The number of carboxylic acid groups (broad SMARTS) is 6. The van der Waals surface area contributed by atoms with Crippen molar-refractivity contribution in [3.63, 3.8) is 0 Å². The van der Waals surface area contributed by atoms with Crippen LogP contribution in [0, 0.1) is 0 Å². The van der Waals surface area contributed by atoms with Crippen LogP contribution in [-0.4, -0.2) is 412 Å². The molecule has 6 unspecified atom stereocenters. The Bertz CT molecular complexity index is 966. The largest absolute Gasteiger partial charge is 0.479 e. The molecule has 6 atom stereocenters. The van der Waals surface area contributed by atoms with E-state index in [-0.39, 0.29) is 79.3 Å². The molecule has 0 saturated heterocycles. The van der Waals surface area contributed by atoms with Gasteiger partial charge in [0.15, 0.2) is 36.6 Å². The highest BCUT2D eigenvalue weighted by Crippen LogP contribution is 1.80. The van der Waals surface area contributed by atoms with Crippen LogP contribution in [0.1, 0.15) is 0 Å². The molecule has 0 fully saturated rings. The highest BCUT2D eigenvalue weighted by atomic mass is 16.4. The Hall–Kier alpha value is -4.38. The third kappa shape index (κ3) is 115. The van der Waals surface area contributed by atoms with E-state index in [2.05, 4.69) is 0 Å². The summed E-state index contributed by atoms with van der Waals surface area (Å²) in [5.74, 6) is -8.40. The van der Waals surface area contributed by atoms with Gasteiger partial charge < -0.3 is 184 Å². The van der Waals surface area contributed by atoms with E-state index < -0.39 is 149 Å². The van der Waals surface area contributed by atoms with E-state index in [1.165, 1.54) is 0 Å². The van der Waals surface area contributed by atoms with Crippen molar-refractivity contribution in [2.75, 3.05) is 119 Å². The Labute approximate surface area is 440 Å². The van der Waals surface area contributed by atoms with Gasteiger partial charge in [-0.2, -0.15) is 0 Å². The van der Waals surface area contributed by atoms with Crippen molar-refractivity contribution in [1.29, 1.82) is 0 Å². The van der Waals surface area contributed by atoms with Crippen molar-refractivity contribution in [3.8, 4) is 0 Å². The quantitative estimate of drug-likeness (QED) is 0.0427. The Morgan fingerprint density at radius 2 is 0.231 bits per heavy atom. The third-order valence-electron chi connectivity index (χ3n) is 5.28. The molecule has 0 bridgehead atoms. The second kappa shape index (κ2) is 81.5. The summed E-state index contributed by atoms with van der Waals surface area (Å²) < 4.78 is 0. The molecule has 0 radical (unpaired) electrons. The van der Waals surface area contributed by atoms with Crippen LogP contribution in [0.25, 0.3) is 0 Å². The van der Waals surface area contributed by atoms with Crippen LogP contribution >= 0.6 is 0 Å². The van der Waals surface area contributed by atoms with Crippen LogP contribution in [-0.2, 0) is 28.8 Å². The highest BCUT2D eigenvalue weighted by molar-refractivity contribution is 5.73. The fraction of sp³-hybridized carbons (Fsp3) is 0.833. The fourth-order valence-electron chi connectivity index (χ4n) is 0.815. The maximum Gasteiger partial charge on any atom is 0.334 e. The van der Waals surface area contributed by atoms with Crippen molar-refractivity contribution in [2.45, 2.75) is 73.2 Å². The maximum atomic E-state index is 9.52. The molecule has 0 aromatic carbocycles. The molecule has 0 heterocycles. The number of aliphatic carboxylic acids is 6. The second-order valence-electron chi connectivity index (χ2n) is 12.3. The van der Waals surface area contributed by atoms with E-state index in [1.807, 2.05) is 0 Å². The first-order valence-electron chi connectivity index (χ1n) is 20.4. The van der Waals surface area contributed by atoms with E-state index in [0.717, 1.165) is 0 Å². The molecule has 0 aromatic heterocycles. The summed E-state index contributed by atoms with van der Waals surface area (Å²) in [6.45, 7) is -8.74. The molecule has 36 N–H and O–H groups in total. The van der Waals surface area contributed by atoms with Gasteiger partial charge in [-0.05, 0) is 0 Å². The molecular formula is C36H84O42. The lowest BCUT2D eigenvalue weighted by Gasteiger charge is -1.96. The normalized spacial score (nSPS) is 11.8. The number of carboxylic acids is 6. The molecule has 42 heteroatoms. The molecule has 0 spiro atoms. The summed E-state index contributed by atoms with van der Waals surface area (Å²) in [6, 6.07) is 0. The van der Waals surface area contributed by atoms with Crippen LogP contribution in [0.3, 0.4) is 0 Å². The lowest BCUT2D eigenvalue weighted by atomic mass is 10.4. The molecule has 0 aliphatic rings. The number of hydrogen-bond acceptors (Lipinski definition) is 36. The fourth-order valence-corrected chi connectivity index (χ4v) is 0.815. The number of aliphatic hydroxyl groups is 30. The zero-order valence-electron chi connectivity index (χ0n) is 41.2. The lowest BCUT2D eigenvalue weighted by molar-refractivity contribution is -0.149. The van der Waals surface area contributed by atoms with Crippen LogP contribution in [0.15, 0.2) is 0 Å². The number of aliphatic hydroxyl groups excluding tert-OH is 30. The smallest absolute Gasteiger partial charge is 0.334 e. The highest BCUT2D eigenvalue weighted by Gasteiger charge is 2.12. The van der Waals surface area contributed by atoms with Crippen LogP contribution < -0.4 is 0 Å². The van der Waals surface area contributed by atoms with Gasteiger partial charge in [0.25, 0.3) is 0 Å². The van der Waals surface area contributed by atoms with Gasteiger partial charge in [0.1, 0.15) is 36.6 Å². The van der Waals surface area contributed by atoms with Gasteiger partial charge in [0.05, 0.1) is 119 Å². The van der Waals surface area contributed by atoms with Crippen molar-refractivity contribution >= 4 is 35.8 Å². The number of rotatable bonds is 24. The zero-order valence-corrected chi connectivity index (χ0v) is 41.2. The van der Waals surface area contributed by atoms with E-state index in [1.54, 1.807) is 0 Å². The Balaban J connectivity index is -0.0000000610. The second-order valence-corrected chi connectivity index (χ2v) is 12.3. The lowest BCUT2D eigenvalue weighted by Crippen LogP contribution is -2.22. The molecule has 78 heavy (non-hydrogen) atoms. The van der Waals surface area contributed by atoms with E-state index >= 15 is 0 Å². The Kier molecular flexibility index (Phi) is 107. The Morgan fingerprint density at radius 3 is 0.231 bits per heavy atom. The first-order chi connectivity index (χ1) is 35.9. The van der Waals surface area contributed by atoms with Gasteiger partial charge in [-0.15, -0.1) is 0 Å². The molecule has 0 rings (SSSR count). The standard InChI is InChI=1S/6C3H6O4.6C3H8O3/c6*4-1-2(5)3(6)7;6*4-1-3(6)2-5/h6*2,4-5H,1H2,(H,6,7);6*3-6H,1-2H2. The number of hydrogen-bond donors (Lipinski definition) is 36. The molecule has 0 aromatic rings. The minimum absolute atomic E-state index is 0.365. The van der Waals surface area contributed by atoms with Gasteiger partial charge in [0.2, 0.25) is 0 Å². The predicted molar refractivity (Wildman–Crippen MR) is 245 cm³/mol. The van der Waals surface area contributed by atoms with Crippen molar-refractivity contribution in [2.24, 2.45) is 0 Å². The molecule has 0 saturated carbocycles. The van der Waals surface area contributed by atoms with Gasteiger partial charge in [0, 0.05) is 0 Å². The summed E-state index contributed by atoms with van der Waals surface area (Å²) in [5.41, 5.74) is 0. The minimum atomic E-state index is -1.63.